The van der Waals surface area contributed by atoms with Crippen LogP contribution in [0.1, 0.15) is 36.1 Å². The Morgan fingerprint density at radius 3 is 3.04 bits per heavy atom. The van der Waals surface area contributed by atoms with Gasteiger partial charge in [0, 0.05) is 32.5 Å². The Bertz CT molecular complexity index is 672. The molecule has 1 N–H and O–H groups in total. The van der Waals surface area contributed by atoms with Crippen molar-refractivity contribution in [2.45, 2.75) is 32.4 Å². The Morgan fingerprint density at radius 1 is 1.52 bits per heavy atom. The molecule has 0 saturated carbocycles. The molecule has 1 aliphatic rings. The summed E-state index contributed by atoms with van der Waals surface area (Å²) >= 11 is 0. The van der Waals surface area contributed by atoms with E-state index in [9.17, 15) is 4.79 Å². The molecule has 0 radical (unpaired) electrons. The third-order valence-electron chi connectivity index (χ3n) is 4.16. The van der Waals surface area contributed by atoms with E-state index in [1.165, 1.54) is 0 Å². The van der Waals surface area contributed by atoms with E-state index < -0.39 is 0 Å². The fourth-order valence-electron chi connectivity index (χ4n) is 2.90. The zero-order valence-electron chi connectivity index (χ0n) is 13.7. The van der Waals surface area contributed by atoms with E-state index in [1.54, 1.807) is 16.7 Å². The number of aryl methyl sites for hydroxylation is 2. The normalized spacial score (nSPS) is 17.7. The molecule has 23 heavy (non-hydrogen) atoms. The van der Waals surface area contributed by atoms with Crippen LogP contribution in [0.5, 0.6) is 0 Å². The van der Waals surface area contributed by atoms with E-state index in [1.807, 2.05) is 32.2 Å². The average Bonchev–Trinajstić information content (AvgIpc) is 3.20. The van der Waals surface area contributed by atoms with Crippen molar-refractivity contribution in [3.63, 3.8) is 0 Å². The third kappa shape index (κ3) is 3.24. The SMILES string of the molecule is COCc1ccc([C@@H]2CCCN2C(=O)Nc2cc(C)n(C)n2)o1. The molecule has 3 rings (SSSR count). The van der Waals surface area contributed by atoms with Gasteiger partial charge in [0.2, 0.25) is 0 Å². The summed E-state index contributed by atoms with van der Waals surface area (Å²) < 4.78 is 12.6. The summed E-state index contributed by atoms with van der Waals surface area (Å²) in [5.74, 6) is 2.15. The maximum Gasteiger partial charge on any atom is 0.323 e. The van der Waals surface area contributed by atoms with Gasteiger partial charge in [-0.2, -0.15) is 5.10 Å². The van der Waals surface area contributed by atoms with Crippen LogP contribution in [0.25, 0.3) is 0 Å². The first-order valence-corrected chi connectivity index (χ1v) is 7.74. The Labute approximate surface area is 135 Å². The molecule has 1 saturated heterocycles. The number of likely N-dealkylation sites (tertiary alicyclic amines) is 1. The Hall–Kier alpha value is -2.28. The van der Waals surface area contributed by atoms with Crippen molar-refractivity contribution in [1.82, 2.24) is 14.7 Å². The lowest BCUT2D eigenvalue weighted by Gasteiger charge is -2.22. The van der Waals surface area contributed by atoms with Gasteiger partial charge < -0.3 is 14.1 Å². The molecule has 0 unspecified atom stereocenters. The van der Waals surface area contributed by atoms with Gasteiger partial charge in [0.25, 0.3) is 0 Å². The number of methoxy groups -OCH3 is 1. The number of aromatic nitrogens is 2. The third-order valence-corrected chi connectivity index (χ3v) is 4.16. The van der Waals surface area contributed by atoms with Crippen molar-refractivity contribution in [2.75, 3.05) is 19.0 Å². The Balaban J connectivity index is 1.71. The molecule has 0 aromatic carbocycles. The monoisotopic (exact) mass is 318 g/mol. The van der Waals surface area contributed by atoms with Gasteiger partial charge in [-0.25, -0.2) is 4.79 Å². The van der Waals surface area contributed by atoms with E-state index in [2.05, 4.69) is 10.4 Å². The molecule has 2 aromatic rings. The zero-order chi connectivity index (χ0) is 16.4. The summed E-state index contributed by atoms with van der Waals surface area (Å²) in [5.41, 5.74) is 0.994. The fourth-order valence-corrected chi connectivity index (χ4v) is 2.90. The highest BCUT2D eigenvalue weighted by Gasteiger charge is 2.32. The second-order valence-electron chi connectivity index (χ2n) is 5.81. The quantitative estimate of drug-likeness (QED) is 0.941. The van der Waals surface area contributed by atoms with Crippen LogP contribution >= 0.6 is 0 Å². The molecule has 2 aromatic heterocycles. The van der Waals surface area contributed by atoms with Crippen LogP contribution in [0.3, 0.4) is 0 Å². The molecule has 0 spiro atoms. The number of nitrogens with zero attached hydrogens (tertiary/aromatic N) is 3. The molecule has 2 amide bonds. The number of rotatable bonds is 4. The lowest BCUT2D eigenvalue weighted by atomic mass is 10.2. The molecule has 0 bridgehead atoms. The lowest BCUT2D eigenvalue weighted by molar-refractivity contribution is 0.157. The van der Waals surface area contributed by atoms with Gasteiger partial charge in [-0.05, 0) is 31.9 Å². The molecule has 3 heterocycles. The largest absolute Gasteiger partial charge is 0.461 e. The average molecular weight is 318 g/mol. The minimum Gasteiger partial charge on any atom is -0.461 e. The van der Waals surface area contributed by atoms with Crippen molar-refractivity contribution in [3.05, 3.63) is 35.4 Å². The van der Waals surface area contributed by atoms with Gasteiger partial charge in [-0.3, -0.25) is 10.00 Å². The van der Waals surface area contributed by atoms with Gasteiger partial charge in [0.05, 0.1) is 6.04 Å². The molecular weight excluding hydrogens is 296 g/mol. The van der Waals surface area contributed by atoms with Crippen LogP contribution in [0.15, 0.2) is 22.6 Å². The van der Waals surface area contributed by atoms with Gasteiger partial charge in [-0.1, -0.05) is 0 Å². The standard InChI is InChI=1S/C16H22N4O3/c1-11-9-15(18-19(11)2)17-16(21)20-8-4-5-13(20)14-7-6-12(23-14)10-22-3/h6-7,9,13H,4-5,8,10H2,1-3H3,(H,17,18,21)/t13-/m0/s1. The highest BCUT2D eigenvalue weighted by atomic mass is 16.5. The van der Waals surface area contributed by atoms with E-state index in [4.69, 9.17) is 9.15 Å². The number of hydrogen-bond acceptors (Lipinski definition) is 4. The molecule has 124 valence electrons. The van der Waals surface area contributed by atoms with E-state index in [0.29, 0.717) is 19.0 Å². The topological polar surface area (TPSA) is 72.5 Å². The van der Waals surface area contributed by atoms with Crippen molar-refractivity contribution < 1.29 is 13.9 Å². The van der Waals surface area contributed by atoms with Gasteiger partial charge in [0.1, 0.15) is 18.1 Å². The molecule has 7 nitrogen and oxygen atoms in total. The summed E-state index contributed by atoms with van der Waals surface area (Å²) in [6.45, 7) is 3.09. The van der Waals surface area contributed by atoms with E-state index in [0.717, 1.165) is 30.1 Å². The number of carbonyl (C=O) groups is 1. The van der Waals surface area contributed by atoms with Crippen molar-refractivity contribution in [2.24, 2.45) is 7.05 Å². The molecule has 0 aliphatic carbocycles. The van der Waals surface area contributed by atoms with Crippen molar-refractivity contribution in [3.8, 4) is 0 Å². The minimum atomic E-state index is -0.143. The smallest absolute Gasteiger partial charge is 0.323 e. The van der Waals surface area contributed by atoms with Crippen LogP contribution in [-0.4, -0.2) is 34.4 Å². The van der Waals surface area contributed by atoms with Gasteiger partial charge in [0.15, 0.2) is 5.82 Å². The first kappa shape index (κ1) is 15.6. The summed E-state index contributed by atoms with van der Waals surface area (Å²) in [6.07, 6.45) is 1.86. The number of hydrogen-bond donors (Lipinski definition) is 1. The summed E-state index contributed by atoms with van der Waals surface area (Å²) in [5, 5.41) is 7.13. The number of carbonyl (C=O) groups excluding carboxylic acids is 1. The highest BCUT2D eigenvalue weighted by Crippen LogP contribution is 2.33. The van der Waals surface area contributed by atoms with Crippen LogP contribution in [0, 0.1) is 6.92 Å². The lowest BCUT2D eigenvalue weighted by Crippen LogP contribution is -2.34. The molecule has 1 aliphatic heterocycles. The fraction of sp³-hybridized carbons (Fsp3) is 0.500. The van der Waals surface area contributed by atoms with Crippen molar-refractivity contribution in [1.29, 1.82) is 0 Å². The van der Waals surface area contributed by atoms with Gasteiger partial charge in [-0.15, -0.1) is 0 Å². The summed E-state index contributed by atoms with van der Waals surface area (Å²) in [6, 6.07) is 5.50. The predicted octanol–water partition coefficient (Wildman–Crippen LogP) is 2.84. The number of urea groups is 1. The molecular formula is C16H22N4O3. The Morgan fingerprint density at radius 2 is 2.35 bits per heavy atom. The van der Waals surface area contributed by atoms with Crippen LogP contribution in [0.2, 0.25) is 0 Å². The molecule has 1 fully saturated rings. The minimum absolute atomic E-state index is 0.0367. The maximum atomic E-state index is 12.6. The number of nitrogens with one attached hydrogen (secondary N) is 1. The molecule has 7 heteroatoms. The van der Waals surface area contributed by atoms with E-state index >= 15 is 0 Å². The maximum absolute atomic E-state index is 12.6. The second kappa shape index (κ2) is 6.45. The number of furan rings is 1. The number of anilines is 1. The predicted molar refractivity (Wildman–Crippen MR) is 85.1 cm³/mol. The second-order valence-corrected chi connectivity index (χ2v) is 5.81. The first-order chi connectivity index (χ1) is 11.1. The van der Waals surface area contributed by atoms with E-state index in [-0.39, 0.29) is 12.1 Å². The van der Waals surface area contributed by atoms with Crippen LogP contribution < -0.4 is 5.32 Å². The van der Waals surface area contributed by atoms with Crippen LogP contribution in [-0.2, 0) is 18.4 Å². The number of ether oxygens (including phenoxy) is 1. The zero-order valence-corrected chi connectivity index (χ0v) is 13.7. The highest BCUT2D eigenvalue weighted by molar-refractivity contribution is 5.88. The van der Waals surface area contributed by atoms with Gasteiger partial charge >= 0.3 is 6.03 Å². The number of amides is 2. The van der Waals surface area contributed by atoms with Crippen LogP contribution in [0.4, 0.5) is 10.6 Å². The first-order valence-electron chi connectivity index (χ1n) is 7.74. The summed E-state index contributed by atoms with van der Waals surface area (Å²) in [4.78, 5) is 14.4. The molecule has 1 atom stereocenters. The summed E-state index contributed by atoms with van der Waals surface area (Å²) in [7, 11) is 3.48. The Kier molecular flexibility index (Phi) is 4.38. The van der Waals surface area contributed by atoms with Crippen molar-refractivity contribution >= 4 is 11.8 Å².